The van der Waals surface area contributed by atoms with Crippen LogP contribution < -0.4 is 5.73 Å². The zero-order chi connectivity index (χ0) is 12.8. The second kappa shape index (κ2) is 6.91. The molecule has 0 amide bonds. The molecule has 0 aromatic heterocycles. The van der Waals surface area contributed by atoms with E-state index in [1.807, 2.05) is 0 Å². The summed E-state index contributed by atoms with van der Waals surface area (Å²) in [5.74, 6) is 0.941. The van der Waals surface area contributed by atoms with Crippen molar-refractivity contribution in [3.05, 3.63) is 35.9 Å². The van der Waals surface area contributed by atoms with Gasteiger partial charge >= 0.3 is 0 Å². The van der Waals surface area contributed by atoms with Gasteiger partial charge in [-0.05, 0) is 44.2 Å². The minimum atomic E-state index is 0.301. The molecule has 1 fully saturated rings. The van der Waals surface area contributed by atoms with Crippen LogP contribution in [0, 0.1) is 5.92 Å². The lowest BCUT2D eigenvalue weighted by Gasteiger charge is -2.31. The predicted molar refractivity (Wildman–Crippen MR) is 77.6 cm³/mol. The van der Waals surface area contributed by atoms with Crippen molar-refractivity contribution in [2.75, 3.05) is 20.1 Å². The molecule has 2 nitrogen and oxygen atoms in total. The molecule has 1 aromatic carbocycles. The molecule has 2 N–H and O–H groups in total. The Labute approximate surface area is 111 Å². The lowest BCUT2D eigenvalue weighted by Crippen LogP contribution is -2.39. The number of hydrogen-bond acceptors (Lipinski definition) is 2. The lowest BCUT2D eigenvalue weighted by atomic mass is 9.85. The standard InChI is InChI=1S/C16H26N2/c1-18(12-15-8-5-9-15)13-16(17)11-10-14-6-3-2-4-7-14/h2-4,6-7,15-16H,5,8-13,17H2,1H3. The normalized spacial score (nSPS) is 17.7. The number of likely N-dealkylation sites (N-methyl/N-ethyl adjacent to an activating group) is 1. The number of nitrogens with zero attached hydrogens (tertiary/aromatic N) is 1. The number of benzene rings is 1. The minimum Gasteiger partial charge on any atom is -0.327 e. The van der Waals surface area contributed by atoms with Gasteiger partial charge in [-0.1, -0.05) is 36.8 Å². The molecule has 18 heavy (non-hydrogen) atoms. The van der Waals surface area contributed by atoms with Crippen LogP contribution in [0.1, 0.15) is 31.2 Å². The average Bonchev–Trinajstić information content (AvgIpc) is 2.33. The largest absolute Gasteiger partial charge is 0.327 e. The molecule has 0 radical (unpaired) electrons. The molecule has 1 atom stereocenters. The Bertz CT molecular complexity index is 332. The van der Waals surface area contributed by atoms with E-state index in [1.54, 1.807) is 0 Å². The monoisotopic (exact) mass is 246 g/mol. The summed E-state index contributed by atoms with van der Waals surface area (Å²) in [7, 11) is 2.21. The lowest BCUT2D eigenvalue weighted by molar-refractivity contribution is 0.196. The van der Waals surface area contributed by atoms with Crippen LogP contribution in [0.25, 0.3) is 0 Å². The molecule has 0 aliphatic heterocycles. The highest BCUT2D eigenvalue weighted by Gasteiger charge is 2.19. The molecule has 2 heteroatoms. The summed E-state index contributed by atoms with van der Waals surface area (Å²) in [5, 5.41) is 0. The highest BCUT2D eigenvalue weighted by Crippen LogP contribution is 2.26. The molecule has 2 rings (SSSR count). The summed E-state index contributed by atoms with van der Waals surface area (Å²) in [5.41, 5.74) is 7.61. The Morgan fingerprint density at radius 2 is 2.00 bits per heavy atom. The van der Waals surface area contributed by atoms with Crippen LogP contribution in [0.5, 0.6) is 0 Å². The summed E-state index contributed by atoms with van der Waals surface area (Å²) in [6, 6.07) is 10.9. The molecule has 1 unspecified atom stereocenters. The Balaban J connectivity index is 1.63. The summed E-state index contributed by atoms with van der Waals surface area (Å²) < 4.78 is 0. The molecule has 100 valence electrons. The Kier molecular flexibility index (Phi) is 5.21. The van der Waals surface area contributed by atoms with Crippen LogP contribution in [0.15, 0.2) is 30.3 Å². The van der Waals surface area contributed by atoms with Gasteiger partial charge in [-0.25, -0.2) is 0 Å². The van der Waals surface area contributed by atoms with Crippen molar-refractivity contribution in [1.29, 1.82) is 0 Å². The van der Waals surface area contributed by atoms with E-state index in [0.29, 0.717) is 6.04 Å². The molecule has 1 saturated carbocycles. The zero-order valence-corrected chi connectivity index (χ0v) is 11.5. The third kappa shape index (κ3) is 4.43. The Hall–Kier alpha value is -0.860. The third-order valence-electron chi connectivity index (χ3n) is 3.99. The zero-order valence-electron chi connectivity index (χ0n) is 11.5. The van der Waals surface area contributed by atoms with Crippen molar-refractivity contribution in [2.24, 2.45) is 11.7 Å². The Morgan fingerprint density at radius 3 is 2.61 bits per heavy atom. The van der Waals surface area contributed by atoms with E-state index in [-0.39, 0.29) is 0 Å². The van der Waals surface area contributed by atoms with E-state index in [1.165, 1.54) is 31.4 Å². The first kappa shape index (κ1) is 13.6. The van der Waals surface area contributed by atoms with E-state index >= 15 is 0 Å². The van der Waals surface area contributed by atoms with Gasteiger partial charge in [-0.15, -0.1) is 0 Å². The maximum atomic E-state index is 6.22. The van der Waals surface area contributed by atoms with Crippen LogP contribution in [-0.4, -0.2) is 31.1 Å². The molecular formula is C16H26N2. The van der Waals surface area contributed by atoms with E-state index in [0.717, 1.165) is 25.3 Å². The van der Waals surface area contributed by atoms with Gasteiger partial charge in [0.05, 0.1) is 0 Å². The van der Waals surface area contributed by atoms with Crippen LogP contribution in [-0.2, 0) is 6.42 Å². The van der Waals surface area contributed by atoms with Gasteiger partial charge in [-0.2, -0.15) is 0 Å². The van der Waals surface area contributed by atoms with Crippen molar-refractivity contribution in [3.63, 3.8) is 0 Å². The first-order valence-electron chi connectivity index (χ1n) is 7.22. The van der Waals surface area contributed by atoms with Gasteiger partial charge in [0, 0.05) is 19.1 Å². The maximum Gasteiger partial charge on any atom is 0.0170 e. The van der Waals surface area contributed by atoms with Crippen molar-refractivity contribution in [1.82, 2.24) is 4.90 Å². The van der Waals surface area contributed by atoms with Crippen LogP contribution in [0.3, 0.4) is 0 Å². The number of hydrogen-bond donors (Lipinski definition) is 1. The third-order valence-corrected chi connectivity index (χ3v) is 3.99. The fourth-order valence-electron chi connectivity index (χ4n) is 2.68. The first-order chi connectivity index (χ1) is 8.74. The fraction of sp³-hybridized carbons (Fsp3) is 0.625. The van der Waals surface area contributed by atoms with Gasteiger partial charge in [0.25, 0.3) is 0 Å². The molecule has 0 spiro atoms. The fourth-order valence-corrected chi connectivity index (χ4v) is 2.68. The smallest absolute Gasteiger partial charge is 0.0170 e. The SMILES string of the molecule is CN(CC(N)CCc1ccccc1)CC1CCC1. The summed E-state index contributed by atoms with van der Waals surface area (Å²) >= 11 is 0. The van der Waals surface area contributed by atoms with Crippen molar-refractivity contribution >= 4 is 0 Å². The summed E-state index contributed by atoms with van der Waals surface area (Å²) in [6.07, 6.45) is 6.45. The molecule has 1 aliphatic rings. The van der Waals surface area contributed by atoms with Crippen LogP contribution in [0.4, 0.5) is 0 Å². The highest BCUT2D eigenvalue weighted by atomic mass is 15.1. The Morgan fingerprint density at radius 1 is 1.28 bits per heavy atom. The van der Waals surface area contributed by atoms with Gasteiger partial charge in [0.2, 0.25) is 0 Å². The van der Waals surface area contributed by atoms with E-state index < -0.39 is 0 Å². The molecule has 0 bridgehead atoms. The molecule has 0 heterocycles. The average molecular weight is 246 g/mol. The summed E-state index contributed by atoms with van der Waals surface area (Å²) in [4.78, 5) is 2.42. The first-order valence-corrected chi connectivity index (χ1v) is 7.22. The van der Waals surface area contributed by atoms with Gasteiger partial charge in [0.1, 0.15) is 0 Å². The van der Waals surface area contributed by atoms with Crippen molar-refractivity contribution in [3.8, 4) is 0 Å². The van der Waals surface area contributed by atoms with Crippen molar-refractivity contribution < 1.29 is 0 Å². The van der Waals surface area contributed by atoms with Gasteiger partial charge in [0.15, 0.2) is 0 Å². The topological polar surface area (TPSA) is 29.3 Å². The quantitative estimate of drug-likeness (QED) is 0.801. The van der Waals surface area contributed by atoms with E-state index in [2.05, 4.69) is 42.3 Å². The van der Waals surface area contributed by atoms with Crippen molar-refractivity contribution in [2.45, 2.75) is 38.1 Å². The molecular weight excluding hydrogens is 220 g/mol. The van der Waals surface area contributed by atoms with Gasteiger partial charge < -0.3 is 10.6 Å². The van der Waals surface area contributed by atoms with E-state index in [9.17, 15) is 0 Å². The number of rotatable bonds is 7. The van der Waals surface area contributed by atoms with Crippen LogP contribution in [0.2, 0.25) is 0 Å². The minimum absolute atomic E-state index is 0.301. The second-order valence-corrected chi connectivity index (χ2v) is 5.80. The molecule has 1 aliphatic carbocycles. The van der Waals surface area contributed by atoms with Crippen LogP contribution >= 0.6 is 0 Å². The number of nitrogens with two attached hydrogens (primary N) is 1. The van der Waals surface area contributed by atoms with E-state index in [4.69, 9.17) is 5.73 Å². The molecule has 1 aromatic rings. The second-order valence-electron chi connectivity index (χ2n) is 5.80. The predicted octanol–water partition coefficient (Wildman–Crippen LogP) is 2.68. The maximum absolute atomic E-state index is 6.22. The van der Waals surface area contributed by atoms with Gasteiger partial charge in [-0.3, -0.25) is 0 Å². The summed E-state index contributed by atoms with van der Waals surface area (Å²) in [6.45, 7) is 2.27. The number of aryl methyl sites for hydroxylation is 1. The molecule has 0 saturated heterocycles. The highest BCUT2D eigenvalue weighted by molar-refractivity contribution is 5.14.